The van der Waals surface area contributed by atoms with Gasteiger partial charge in [-0.2, -0.15) is 0 Å². The van der Waals surface area contributed by atoms with Gasteiger partial charge in [-0.3, -0.25) is 0 Å². The zero-order valence-corrected chi connectivity index (χ0v) is 6.64. The van der Waals surface area contributed by atoms with Gasteiger partial charge in [0.25, 0.3) is 0 Å². The molecule has 0 aromatic rings. The predicted octanol–water partition coefficient (Wildman–Crippen LogP) is 0.757. The van der Waals surface area contributed by atoms with Crippen LogP contribution in [0.15, 0.2) is 0 Å². The lowest BCUT2D eigenvalue weighted by atomic mass is 9.90. The first kappa shape index (κ1) is 8.02. The molecule has 0 aromatic heterocycles. The summed E-state index contributed by atoms with van der Waals surface area (Å²) in [5.74, 6) is 0.513. The molecule has 0 aromatic carbocycles. The van der Waals surface area contributed by atoms with Gasteiger partial charge in [-0.25, -0.2) is 0 Å². The Balaban J connectivity index is 2.34. The van der Waals surface area contributed by atoms with Crippen LogP contribution in [0.25, 0.3) is 0 Å². The Bertz CT molecular complexity index is 83.3. The molecule has 2 nitrogen and oxygen atoms in total. The third-order valence-corrected chi connectivity index (χ3v) is 2.40. The van der Waals surface area contributed by atoms with Crippen LogP contribution in [0.2, 0.25) is 0 Å². The molecular weight excluding hydrogens is 126 g/mol. The number of hydrogen-bond acceptors (Lipinski definition) is 2. The van der Waals surface area contributed by atoms with Crippen molar-refractivity contribution < 1.29 is 5.11 Å². The normalized spacial score (nSPS) is 34.2. The van der Waals surface area contributed by atoms with E-state index in [4.69, 9.17) is 5.11 Å². The van der Waals surface area contributed by atoms with Crippen molar-refractivity contribution in [2.75, 3.05) is 13.2 Å². The van der Waals surface area contributed by atoms with Crippen LogP contribution in [-0.2, 0) is 0 Å². The van der Waals surface area contributed by atoms with Crippen molar-refractivity contribution in [3.63, 3.8) is 0 Å². The Morgan fingerprint density at radius 3 is 2.90 bits per heavy atom. The summed E-state index contributed by atoms with van der Waals surface area (Å²) < 4.78 is 0. The molecule has 1 aliphatic rings. The number of hydrogen-bond donors (Lipinski definition) is 2. The van der Waals surface area contributed by atoms with Crippen LogP contribution in [-0.4, -0.2) is 24.3 Å². The summed E-state index contributed by atoms with van der Waals surface area (Å²) in [7, 11) is 0. The Kier molecular flexibility index (Phi) is 3.16. The molecule has 2 heteroatoms. The van der Waals surface area contributed by atoms with E-state index in [1.165, 1.54) is 12.8 Å². The summed E-state index contributed by atoms with van der Waals surface area (Å²) in [6, 6.07) is 0.568. The van der Waals surface area contributed by atoms with E-state index in [1.54, 1.807) is 0 Å². The highest BCUT2D eigenvalue weighted by atomic mass is 16.3. The minimum Gasteiger partial charge on any atom is -0.396 e. The fourth-order valence-corrected chi connectivity index (χ4v) is 1.72. The molecule has 1 aliphatic heterocycles. The molecule has 10 heavy (non-hydrogen) atoms. The molecule has 0 saturated carbocycles. The maximum Gasteiger partial charge on any atom is 0.0474 e. The van der Waals surface area contributed by atoms with Gasteiger partial charge in [0.15, 0.2) is 0 Å². The standard InChI is InChI=1S/C8H17NO/c1-2-8-7(6-10)4-3-5-9-8/h7-10H,2-6H2,1H3. The lowest BCUT2D eigenvalue weighted by molar-refractivity contribution is 0.157. The first-order chi connectivity index (χ1) is 4.88. The van der Waals surface area contributed by atoms with Crippen molar-refractivity contribution in [1.82, 2.24) is 5.32 Å². The van der Waals surface area contributed by atoms with Crippen molar-refractivity contribution in [2.24, 2.45) is 5.92 Å². The van der Waals surface area contributed by atoms with Gasteiger partial charge < -0.3 is 10.4 Å². The summed E-state index contributed by atoms with van der Waals surface area (Å²) >= 11 is 0. The van der Waals surface area contributed by atoms with Crippen LogP contribution in [0, 0.1) is 5.92 Å². The van der Waals surface area contributed by atoms with Crippen molar-refractivity contribution in [3.8, 4) is 0 Å². The number of rotatable bonds is 2. The third-order valence-electron chi connectivity index (χ3n) is 2.40. The smallest absolute Gasteiger partial charge is 0.0474 e. The average molecular weight is 143 g/mol. The van der Waals surface area contributed by atoms with E-state index in [2.05, 4.69) is 12.2 Å². The maximum atomic E-state index is 8.95. The highest BCUT2D eigenvalue weighted by Gasteiger charge is 2.21. The molecule has 0 spiro atoms. The van der Waals surface area contributed by atoms with E-state index in [-0.39, 0.29) is 0 Å². The highest BCUT2D eigenvalue weighted by molar-refractivity contribution is 4.79. The van der Waals surface area contributed by atoms with Crippen LogP contribution in [0.1, 0.15) is 26.2 Å². The maximum absolute atomic E-state index is 8.95. The van der Waals surface area contributed by atoms with Crippen molar-refractivity contribution in [1.29, 1.82) is 0 Å². The van der Waals surface area contributed by atoms with Crippen molar-refractivity contribution in [2.45, 2.75) is 32.2 Å². The van der Waals surface area contributed by atoms with E-state index in [0.29, 0.717) is 18.6 Å². The molecule has 1 fully saturated rings. The topological polar surface area (TPSA) is 32.3 Å². The van der Waals surface area contributed by atoms with E-state index >= 15 is 0 Å². The SMILES string of the molecule is CCC1NCCCC1CO. The van der Waals surface area contributed by atoms with Gasteiger partial charge in [0.1, 0.15) is 0 Å². The predicted molar refractivity (Wildman–Crippen MR) is 41.9 cm³/mol. The van der Waals surface area contributed by atoms with E-state index < -0.39 is 0 Å². The summed E-state index contributed by atoms with van der Waals surface area (Å²) in [4.78, 5) is 0. The van der Waals surface area contributed by atoms with Gasteiger partial charge in [-0.05, 0) is 31.7 Å². The van der Waals surface area contributed by atoms with Crippen LogP contribution in [0.4, 0.5) is 0 Å². The van der Waals surface area contributed by atoms with E-state index in [0.717, 1.165) is 13.0 Å². The second-order valence-electron chi connectivity index (χ2n) is 3.05. The zero-order valence-electron chi connectivity index (χ0n) is 6.64. The molecule has 1 rings (SSSR count). The number of piperidine rings is 1. The average Bonchev–Trinajstić information content (AvgIpc) is 2.04. The minimum atomic E-state index is 0.353. The molecule has 60 valence electrons. The third kappa shape index (κ3) is 1.70. The van der Waals surface area contributed by atoms with Gasteiger partial charge in [0.2, 0.25) is 0 Å². The van der Waals surface area contributed by atoms with Crippen molar-refractivity contribution >= 4 is 0 Å². The van der Waals surface area contributed by atoms with Crippen LogP contribution >= 0.6 is 0 Å². The number of aliphatic hydroxyl groups excluding tert-OH is 1. The summed E-state index contributed by atoms with van der Waals surface area (Å²) in [6.45, 7) is 3.66. The lowest BCUT2D eigenvalue weighted by Crippen LogP contribution is -2.42. The van der Waals surface area contributed by atoms with Gasteiger partial charge >= 0.3 is 0 Å². The monoisotopic (exact) mass is 143 g/mol. The second kappa shape index (κ2) is 3.94. The van der Waals surface area contributed by atoms with Crippen LogP contribution < -0.4 is 5.32 Å². The Labute approximate surface area is 62.6 Å². The molecule has 1 saturated heterocycles. The molecular formula is C8H17NO. The highest BCUT2D eigenvalue weighted by Crippen LogP contribution is 2.17. The van der Waals surface area contributed by atoms with Crippen molar-refractivity contribution in [3.05, 3.63) is 0 Å². The summed E-state index contributed by atoms with van der Waals surface area (Å²) in [5, 5.41) is 12.4. The fourth-order valence-electron chi connectivity index (χ4n) is 1.72. The summed E-state index contributed by atoms with van der Waals surface area (Å²) in [6.07, 6.45) is 3.56. The molecule has 1 heterocycles. The van der Waals surface area contributed by atoms with Gasteiger partial charge in [0.05, 0.1) is 0 Å². The van der Waals surface area contributed by atoms with Gasteiger partial charge in [0, 0.05) is 12.6 Å². The van der Waals surface area contributed by atoms with Gasteiger partial charge in [-0.1, -0.05) is 6.92 Å². The zero-order chi connectivity index (χ0) is 7.40. The first-order valence-corrected chi connectivity index (χ1v) is 4.22. The fraction of sp³-hybridized carbons (Fsp3) is 1.00. The van der Waals surface area contributed by atoms with Crippen LogP contribution in [0.5, 0.6) is 0 Å². The quantitative estimate of drug-likeness (QED) is 0.598. The molecule has 2 N–H and O–H groups in total. The lowest BCUT2D eigenvalue weighted by Gasteiger charge is -2.30. The Morgan fingerprint density at radius 1 is 1.60 bits per heavy atom. The molecule has 0 aliphatic carbocycles. The molecule has 0 bridgehead atoms. The minimum absolute atomic E-state index is 0.353. The molecule has 2 unspecified atom stereocenters. The Morgan fingerprint density at radius 2 is 2.40 bits per heavy atom. The second-order valence-corrected chi connectivity index (χ2v) is 3.05. The van der Waals surface area contributed by atoms with E-state index in [9.17, 15) is 0 Å². The van der Waals surface area contributed by atoms with Gasteiger partial charge in [-0.15, -0.1) is 0 Å². The van der Waals surface area contributed by atoms with E-state index in [1.807, 2.05) is 0 Å². The molecule has 0 amide bonds. The number of nitrogens with one attached hydrogen (secondary N) is 1. The Hall–Kier alpha value is -0.0800. The summed E-state index contributed by atoms with van der Waals surface area (Å²) in [5.41, 5.74) is 0. The van der Waals surface area contributed by atoms with Crippen LogP contribution in [0.3, 0.4) is 0 Å². The largest absolute Gasteiger partial charge is 0.396 e. The molecule has 2 atom stereocenters. The number of aliphatic hydroxyl groups is 1. The molecule has 0 radical (unpaired) electrons. The first-order valence-electron chi connectivity index (χ1n) is 4.22.